The number of primary amides is 1. The minimum atomic E-state index is -4.27. The van der Waals surface area contributed by atoms with Crippen LogP contribution in [0.2, 0.25) is 0 Å². The third kappa shape index (κ3) is 41.8. The first-order chi connectivity index (χ1) is 37.8. The van der Waals surface area contributed by atoms with Crippen molar-refractivity contribution < 1.29 is 98.5 Å². The third-order valence-electron chi connectivity index (χ3n) is 10.9. The number of rotatable bonds is 47. The number of ketones is 2. The molecule has 0 aliphatic heterocycles. The Bertz CT molecular complexity index is 2310. The molecule has 1 aromatic rings. The number of nitrogens with two attached hydrogens (primary N) is 1. The minimum Gasteiger partial charge on any atom is -0.481 e. The van der Waals surface area contributed by atoms with Crippen LogP contribution in [0.3, 0.4) is 0 Å². The number of hydrogen-bond acceptors (Lipinski definition) is 19. The van der Waals surface area contributed by atoms with E-state index in [-0.39, 0.29) is 89.6 Å². The number of nitrogens with one attached hydrogen (secondary N) is 6. The van der Waals surface area contributed by atoms with Crippen molar-refractivity contribution in [3.63, 3.8) is 0 Å². The molecule has 3 atom stereocenters. The van der Waals surface area contributed by atoms with E-state index in [0.29, 0.717) is 51.2 Å². The second-order valence-electron chi connectivity index (χ2n) is 18.2. The SMILES string of the molecule is CC(=O)CC[C@@H](NC(=O)CC[C@H](CC(=O)COCCOCCNC(=O)CCCS(=O)(=O)NC(=O)CCCS(=O)(=O)O)C(=O)O)C(=O)O.CCCCOCCOCC(=O)N[C@@H](CCCCNC(=O)c1ccc(NCCC)cc1)C(N)=O. The molecule has 1 aromatic carbocycles. The highest BCUT2D eigenvalue weighted by molar-refractivity contribution is 7.90. The summed E-state index contributed by atoms with van der Waals surface area (Å²) in [5.41, 5.74) is 6.98. The average Bonchev–Trinajstić information content (AvgIpc) is 3.37. The number of carboxylic acid groups (broad SMARTS) is 2. The first-order valence-corrected chi connectivity index (χ1v) is 29.6. The molecule has 80 heavy (non-hydrogen) atoms. The zero-order chi connectivity index (χ0) is 60.4. The minimum absolute atomic E-state index is 0.0300. The maximum absolute atomic E-state index is 12.2. The number of carboxylic acids is 2. The van der Waals surface area contributed by atoms with Crippen LogP contribution < -0.4 is 37.0 Å². The molecule has 0 heterocycles. The molecule has 0 aliphatic rings. The summed E-state index contributed by atoms with van der Waals surface area (Å²) in [7, 11) is -8.31. The van der Waals surface area contributed by atoms with E-state index in [4.69, 9.17) is 34.3 Å². The van der Waals surface area contributed by atoms with Crippen molar-refractivity contribution in [3.05, 3.63) is 29.8 Å². The predicted molar refractivity (Wildman–Crippen MR) is 290 cm³/mol. The number of carbonyl (C=O) groups excluding carboxylic acids is 8. The van der Waals surface area contributed by atoms with Crippen LogP contribution in [0.5, 0.6) is 0 Å². The normalized spacial score (nSPS) is 12.3. The van der Waals surface area contributed by atoms with Gasteiger partial charge in [0, 0.05) is 69.6 Å². The van der Waals surface area contributed by atoms with Crippen LogP contribution in [0.25, 0.3) is 0 Å². The van der Waals surface area contributed by atoms with Crippen LogP contribution in [0.1, 0.15) is 127 Å². The smallest absolute Gasteiger partial charge is 0.326 e. The molecule has 6 amide bonds. The van der Waals surface area contributed by atoms with E-state index in [2.05, 4.69) is 40.4 Å². The van der Waals surface area contributed by atoms with Crippen LogP contribution >= 0.6 is 0 Å². The van der Waals surface area contributed by atoms with Gasteiger partial charge in [0.15, 0.2) is 5.78 Å². The molecule has 0 bridgehead atoms. The highest BCUT2D eigenvalue weighted by Crippen LogP contribution is 2.14. The lowest BCUT2D eigenvalue weighted by Gasteiger charge is -2.15. The van der Waals surface area contributed by atoms with Crippen molar-refractivity contribution >= 4 is 84.8 Å². The summed E-state index contributed by atoms with van der Waals surface area (Å²) < 4.78 is 76.3. The Labute approximate surface area is 467 Å². The maximum Gasteiger partial charge on any atom is 0.326 e. The number of carbonyl (C=O) groups is 10. The molecule has 0 radical (unpaired) electrons. The third-order valence-corrected chi connectivity index (χ3v) is 13.1. The average molecular weight is 1180 g/mol. The Balaban J connectivity index is 0.00000166. The molecule has 1 rings (SSSR count). The lowest BCUT2D eigenvalue weighted by molar-refractivity contribution is -0.145. The molecular formula is C50H83N7O21S2. The van der Waals surface area contributed by atoms with Gasteiger partial charge in [-0.15, -0.1) is 0 Å². The Morgan fingerprint density at radius 3 is 1.79 bits per heavy atom. The molecule has 0 fully saturated rings. The quantitative estimate of drug-likeness (QED) is 0.0316. The molecule has 0 saturated carbocycles. The van der Waals surface area contributed by atoms with E-state index in [0.717, 1.165) is 31.5 Å². The van der Waals surface area contributed by atoms with Crippen molar-refractivity contribution in [1.82, 2.24) is 26.0 Å². The van der Waals surface area contributed by atoms with Gasteiger partial charge < -0.3 is 66.3 Å². The van der Waals surface area contributed by atoms with Gasteiger partial charge in [0.05, 0.1) is 50.5 Å². The van der Waals surface area contributed by atoms with Crippen molar-refractivity contribution in [2.45, 2.75) is 129 Å². The fourth-order valence-electron chi connectivity index (χ4n) is 6.63. The standard InChI is InChI=1S/C26H43N3O16S2.C24H40N4O5/c1-18(30)6-8-21(26(37)38)28-23(33)9-7-19(25(35)36)16-20(31)17-45-13-12-44-11-10-27-22(32)4-2-14-46(39,40)29-24(34)5-3-15-47(41,42)43;1-3-5-15-32-16-17-33-18-22(29)28-21(23(25)30)8-6-7-14-27-24(31)19-9-11-20(12-10-19)26-13-4-2/h19,21H,2-17H2,1H3,(H,27,32)(H,28,33)(H,29,34)(H,35,36)(H,37,38)(H,41,42,43);9-12,21,26H,3-8,13-18H2,1-2H3,(H2,25,30)(H,27,31)(H,28,29)/t19-,21-;21-/m10/s1. The Hall–Kier alpha value is -6.18. The molecule has 0 aromatic heterocycles. The van der Waals surface area contributed by atoms with Gasteiger partial charge in [0.25, 0.3) is 16.0 Å². The second kappa shape index (κ2) is 43.6. The van der Waals surface area contributed by atoms with Crippen LogP contribution in [-0.4, -0.2) is 187 Å². The molecule has 30 heteroatoms. The molecule has 0 saturated heterocycles. The van der Waals surface area contributed by atoms with Crippen molar-refractivity contribution in [2.24, 2.45) is 11.7 Å². The van der Waals surface area contributed by atoms with E-state index in [9.17, 15) is 69.9 Å². The summed E-state index contributed by atoms with van der Waals surface area (Å²) in [6.45, 7) is 7.80. The van der Waals surface area contributed by atoms with Gasteiger partial charge in [0.1, 0.15) is 31.1 Å². The number of sulfonamides is 1. The molecule has 456 valence electrons. The fraction of sp³-hybridized carbons (Fsp3) is 0.680. The first-order valence-electron chi connectivity index (χ1n) is 26.3. The number of Topliss-reactive ketones (excluding diaryl/α,β-unsaturated/α-hetero) is 2. The molecule has 0 aliphatic carbocycles. The summed E-state index contributed by atoms with van der Waals surface area (Å²) in [5, 5.41) is 32.0. The Kier molecular flexibility index (Phi) is 40.2. The topological polar surface area (TPSA) is 435 Å². The molecule has 0 unspecified atom stereocenters. The van der Waals surface area contributed by atoms with Crippen molar-refractivity contribution in [2.75, 3.05) is 89.3 Å². The van der Waals surface area contributed by atoms with Gasteiger partial charge in [0.2, 0.25) is 39.6 Å². The highest BCUT2D eigenvalue weighted by atomic mass is 32.2. The maximum atomic E-state index is 12.2. The van der Waals surface area contributed by atoms with Crippen molar-refractivity contribution in [3.8, 4) is 0 Å². The van der Waals surface area contributed by atoms with Gasteiger partial charge in [-0.3, -0.25) is 47.6 Å². The lowest BCUT2D eigenvalue weighted by atomic mass is 9.97. The van der Waals surface area contributed by atoms with E-state index in [1.807, 2.05) is 12.1 Å². The lowest BCUT2D eigenvalue weighted by Crippen LogP contribution is -2.45. The zero-order valence-electron chi connectivity index (χ0n) is 45.9. The molecular weight excluding hydrogens is 1100 g/mol. The molecule has 0 spiro atoms. The summed E-state index contributed by atoms with van der Waals surface area (Å²) in [6.07, 6.45) is 2.64. The van der Waals surface area contributed by atoms with Crippen LogP contribution in [-0.2, 0) is 82.2 Å². The Morgan fingerprint density at radius 2 is 1.19 bits per heavy atom. The van der Waals surface area contributed by atoms with Gasteiger partial charge >= 0.3 is 11.9 Å². The van der Waals surface area contributed by atoms with Crippen LogP contribution in [0.4, 0.5) is 5.69 Å². The zero-order valence-corrected chi connectivity index (χ0v) is 47.6. The van der Waals surface area contributed by atoms with E-state index < -0.39 is 116 Å². The van der Waals surface area contributed by atoms with Gasteiger partial charge in [-0.1, -0.05) is 20.3 Å². The number of anilines is 1. The van der Waals surface area contributed by atoms with E-state index in [1.54, 1.807) is 16.9 Å². The van der Waals surface area contributed by atoms with Gasteiger partial charge in [-0.05, 0) is 89.0 Å². The van der Waals surface area contributed by atoms with Gasteiger partial charge in [-0.2, -0.15) is 8.42 Å². The number of ether oxygens (including phenoxy) is 4. The summed E-state index contributed by atoms with van der Waals surface area (Å²) in [5.74, 6) is -9.16. The first kappa shape index (κ1) is 73.8. The summed E-state index contributed by atoms with van der Waals surface area (Å²) in [4.78, 5) is 117. The number of amides is 6. The van der Waals surface area contributed by atoms with Crippen molar-refractivity contribution in [1.29, 1.82) is 0 Å². The fourth-order valence-corrected chi connectivity index (χ4v) is 8.22. The van der Waals surface area contributed by atoms with Gasteiger partial charge in [-0.25, -0.2) is 13.2 Å². The highest BCUT2D eigenvalue weighted by Gasteiger charge is 2.25. The summed E-state index contributed by atoms with van der Waals surface area (Å²) >= 11 is 0. The van der Waals surface area contributed by atoms with Crippen LogP contribution in [0, 0.1) is 5.92 Å². The van der Waals surface area contributed by atoms with Crippen LogP contribution in [0.15, 0.2) is 24.3 Å². The largest absolute Gasteiger partial charge is 0.481 e. The molecule has 11 N–H and O–H groups in total. The molecule has 28 nitrogen and oxygen atoms in total. The predicted octanol–water partition coefficient (Wildman–Crippen LogP) is 0.621. The van der Waals surface area contributed by atoms with E-state index >= 15 is 0 Å². The summed E-state index contributed by atoms with van der Waals surface area (Å²) in [6, 6.07) is 5.27. The monoisotopic (exact) mass is 1180 g/mol. The number of hydrogen-bond donors (Lipinski definition) is 10. The Morgan fingerprint density at radius 1 is 0.575 bits per heavy atom. The van der Waals surface area contributed by atoms with E-state index in [1.165, 1.54) is 6.92 Å². The number of aliphatic carboxylic acids is 2. The second-order valence-corrected chi connectivity index (χ2v) is 21.6. The number of benzene rings is 1. The number of unbranched alkanes of at least 4 members (excludes halogenated alkanes) is 2.